The Morgan fingerprint density at radius 3 is 2.56 bits per heavy atom. The SMILES string of the molecule is CCOC(=O)c1c(NC(=O)[C@H]2CCCC[C@@H]2C(=O)O)sc2c1CC[C@@H](C)C2. The summed E-state index contributed by atoms with van der Waals surface area (Å²) in [7, 11) is 0. The first kappa shape index (κ1) is 19.9. The Balaban J connectivity index is 1.88. The Hall–Kier alpha value is -1.89. The van der Waals surface area contributed by atoms with Crippen LogP contribution in [-0.2, 0) is 27.2 Å². The molecule has 6 nitrogen and oxygen atoms in total. The van der Waals surface area contributed by atoms with Gasteiger partial charge in [-0.2, -0.15) is 0 Å². The van der Waals surface area contributed by atoms with Crippen LogP contribution in [0.4, 0.5) is 5.00 Å². The smallest absolute Gasteiger partial charge is 0.341 e. The Kier molecular flexibility index (Phi) is 6.19. The third-order valence-electron chi connectivity index (χ3n) is 5.65. The topological polar surface area (TPSA) is 92.7 Å². The number of amides is 1. The molecule has 1 fully saturated rings. The molecule has 27 heavy (non-hydrogen) atoms. The molecule has 0 unspecified atom stereocenters. The van der Waals surface area contributed by atoms with Crippen LogP contribution >= 0.6 is 11.3 Å². The molecule has 0 aromatic carbocycles. The fraction of sp³-hybridized carbons (Fsp3) is 0.650. The summed E-state index contributed by atoms with van der Waals surface area (Å²) in [5.74, 6) is -2.27. The fourth-order valence-electron chi connectivity index (χ4n) is 4.20. The van der Waals surface area contributed by atoms with Crippen molar-refractivity contribution < 1.29 is 24.2 Å². The number of anilines is 1. The number of hydrogen-bond donors (Lipinski definition) is 2. The minimum absolute atomic E-state index is 0.275. The molecule has 7 heteroatoms. The standard InChI is InChI=1S/C20H27NO5S/c1-3-26-20(25)16-14-9-8-11(2)10-15(14)27-18(16)21-17(22)12-6-4-5-7-13(12)19(23)24/h11-13H,3-10H2,1-2H3,(H,21,22)(H,23,24)/t11-,12+,13+/m1/s1. The summed E-state index contributed by atoms with van der Waals surface area (Å²) in [6.45, 7) is 4.22. The summed E-state index contributed by atoms with van der Waals surface area (Å²) in [4.78, 5) is 38.1. The van der Waals surface area contributed by atoms with E-state index in [0.29, 0.717) is 29.3 Å². The van der Waals surface area contributed by atoms with Gasteiger partial charge < -0.3 is 15.2 Å². The number of carbonyl (C=O) groups is 3. The average molecular weight is 394 g/mol. The maximum Gasteiger partial charge on any atom is 0.341 e. The van der Waals surface area contributed by atoms with E-state index in [9.17, 15) is 19.5 Å². The zero-order valence-corrected chi connectivity index (χ0v) is 16.7. The second-order valence-corrected chi connectivity index (χ2v) is 8.71. The summed E-state index contributed by atoms with van der Waals surface area (Å²) in [6, 6.07) is 0. The quantitative estimate of drug-likeness (QED) is 0.741. The first-order valence-corrected chi connectivity index (χ1v) is 10.6. The van der Waals surface area contributed by atoms with Crippen LogP contribution in [0.2, 0.25) is 0 Å². The third kappa shape index (κ3) is 4.18. The van der Waals surface area contributed by atoms with Gasteiger partial charge in [-0.3, -0.25) is 9.59 Å². The number of carbonyl (C=O) groups excluding carboxylic acids is 2. The Morgan fingerprint density at radius 2 is 1.89 bits per heavy atom. The summed E-state index contributed by atoms with van der Waals surface area (Å²) in [5.41, 5.74) is 1.46. The van der Waals surface area contributed by atoms with Gasteiger partial charge in [-0.1, -0.05) is 19.8 Å². The maximum atomic E-state index is 12.9. The van der Waals surface area contributed by atoms with E-state index in [4.69, 9.17) is 4.74 Å². The van der Waals surface area contributed by atoms with Crippen molar-refractivity contribution in [2.75, 3.05) is 11.9 Å². The minimum Gasteiger partial charge on any atom is -0.481 e. The molecule has 0 radical (unpaired) electrons. The third-order valence-corrected chi connectivity index (χ3v) is 6.82. The van der Waals surface area contributed by atoms with Crippen LogP contribution in [0.1, 0.15) is 66.8 Å². The Morgan fingerprint density at radius 1 is 1.19 bits per heavy atom. The van der Waals surface area contributed by atoms with Gasteiger partial charge in [0.15, 0.2) is 0 Å². The number of hydrogen-bond acceptors (Lipinski definition) is 5. The number of ether oxygens (including phenoxy) is 1. The number of nitrogens with one attached hydrogen (secondary N) is 1. The van der Waals surface area contributed by atoms with Crippen LogP contribution in [0.15, 0.2) is 0 Å². The first-order chi connectivity index (χ1) is 12.9. The van der Waals surface area contributed by atoms with Gasteiger partial charge in [0, 0.05) is 4.88 Å². The van der Waals surface area contributed by atoms with Crippen LogP contribution in [-0.4, -0.2) is 29.6 Å². The lowest BCUT2D eigenvalue weighted by Crippen LogP contribution is -2.36. The van der Waals surface area contributed by atoms with Crippen molar-refractivity contribution in [1.29, 1.82) is 0 Å². The van der Waals surface area contributed by atoms with E-state index in [2.05, 4.69) is 12.2 Å². The number of rotatable bonds is 5. The molecule has 0 bridgehead atoms. The number of esters is 1. The number of fused-ring (bicyclic) bond motifs is 1. The van der Waals surface area contributed by atoms with Crippen LogP contribution in [0.25, 0.3) is 0 Å². The molecule has 2 aliphatic rings. The van der Waals surface area contributed by atoms with E-state index in [1.165, 1.54) is 11.3 Å². The zero-order valence-electron chi connectivity index (χ0n) is 15.9. The van der Waals surface area contributed by atoms with Crippen molar-refractivity contribution >= 4 is 34.2 Å². The van der Waals surface area contributed by atoms with Gasteiger partial charge in [-0.05, 0) is 50.5 Å². The van der Waals surface area contributed by atoms with E-state index in [1.807, 2.05) is 0 Å². The number of carboxylic acids is 1. The molecule has 2 N–H and O–H groups in total. The van der Waals surface area contributed by atoms with E-state index >= 15 is 0 Å². The summed E-state index contributed by atoms with van der Waals surface area (Å²) >= 11 is 1.44. The molecule has 3 atom stereocenters. The summed E-state index contributed by atoms with van der Waals surface area (Å²) < 4.78 is 5.23. The lowest BCUT2D eigenvalue weighted by molar-refractivity contribution is -0.147. The normalized spacial score (nSPS) is 24.7. The van der Waals surface area contributed by atoms with Crippen LogP contribution in [0.5, 0.6) is 0 Å². The van der Waals surface area contributed by atoms with Gasteiger partial charge in [-0.25, -0.2) is 4.79 Å². The Bertz CT molecular complexity index is 741. The molecule has 1 heterocycles. The van der Waals surface area contributed by atoms with Crippen LogP contribution in [0.3, 0.4) is 0 Å². The molecule has 0 spiro atoms. The number of carboxylic acid groups (broad SMARTS) is 1. The highest BCUT2D eigenvalue weighted by Gasteiger charge is 2.37. The molecule has 3 rings (SSSR count). The maximum absolute atomic E-state index is 12.9. The molecule has 1 aromatic rings. The predicted octanol–water partition coefficient (Wildman–Crippen LogP) is 3.88. The number of aliphatic carboxylic acids is 1. The molecular formula is C20H27NO5S. The van der Waals surface area contributed by atoms with E-state index in [1.54, 1.807) is 6.92 Å². The van der Waals surface area contributed by atoms with Gasteiger partial charge in [0.25, 0.3) is 0 Å². The molecule has 0 aliphatic heterocycles. The predicted molar refractivity (Wildman–Crippen MR) is 103 cm³/mol. The van der Waals surface area contributed by atoms with E-state index in [-0.39, 0.29) is 12.5 Å². The zero-order chi connectivity index (χ0) is 19.6. The molecule has 1 saturated carbocycles. The lowest BCUT2D eigenvalue weighted by atomic mass is 9.78. The molecular weight excluding hydrogens is 366 g/mol. The molecule has 148 valence electrons. The lowest BCUT2D eigenvalue weighted by Gasteiger charge is -2.27. The van der Waals surface area contributed by atoms with Gasteiger partial charge >= 0.3 is 11.9 Å². The molecule has 2 aliphatic carbocycles. The van der Waals surface area contributed by atoms with Crippen molar-refractivity contribution in [2.24, 2.45) is 17.8 Å². The van der Waals surface area contributed by atoms with Crippen LogP contribution < -0.4 is 5.32 Å². The van der Waals surface area contributed by atoms with E-state index in [0.717, 1.165) is 42.5 Å². The monoisotopic (exact) mass is 393 g/mol. The van der Waals surface area contributed by atoms with Gasteiger partial charge in [0.2, 0.25) is 5.91 Å². The van der Waals surface area contributed by atoms with Crippen molar-refractivity contribution in [1.82, 2.24) is 0 Å². The van der Waals surface area contributed by atoms with Gasteiger partial charge in [0.1, 0.15) is 5.00 Å². The molecule has 1 amide bonds. The molecule has 0 saturated heterocycles. The number of thiophene rings is 1. The Labute approximate surface area is 163 Å². The second kappa shape index (κ2) is 8.42. The second-order valence-electron chi connectivity index (χ2n) is 7.60. The molecule has 1 aromatic heterocycles. The fourth-order valence-corrected chi connectivity index (χ4v) is 5.60. The van der Waals surface area contributed by atoms with Crippen molar-refractivity contribution in [3.63, 3.8) is 0 Å². The van der Waals surface area contributed by atoms with Gasteiger partial charge in [0.05, 0.1) is 24.0 Å². The minimum atomic E-state index is -0.917. The largest absolute Gasteiger partial charge is 0.481 e. The van der Waals surface area contributed by atoms with Gasteiger partial charge in [-0.15, -0.1) is 11.3 Å². The van der Waals surface area contributed by atoms with E-state index < -0.39 is 23.8 Å². The van der Waals surface area contributed by atoms with Crippen molar-refractivity contribution in [3.05, 3.63) is 16.0 Å². The summed E-state index contributed by atoms with van der Waals surface area (Å²) in [6.07, 6.45) is 5.48. The average Bonchev–Trinajstić information content (AvgIpc) is 2.98. The highest BCUT2D eigenvalue weighted by Crippen LogP contribution is 2.41. The first-order valence-electron chi connectivity index (χ1n) is 9.77. The van der Waals surface area contributed by atoms with Crippen molar-refractivity contribution in [2.45, 2.75) is 58.8 Å². The highest BCUT2D eigenvalue weighted by molar-refractivity contribution is 7.17. The summed E-state index contributed by atoms with van der Waals surface area (Å²) in [5, 5.41) is 12.9. The van der Waals surface area contributed by atoms with Crippen molar-refractivity contribution in [3.8, 4) is 0 Å². The highest BCUT2D eigenvalue weighted by atomic mass is 32.1. The van der Waals surface area contributed by atoms with Crippen LogP contribution in [0, 0.1) is 17.8 Å².